The summed E-state index contributed by atoms with van der Waals surface area (Å²) in [5.41, 5.74) is 1.34. The fourth-order valence-corrected chi connectivity index (χ4v) is 2.36. The topological polar surface area (TPSA) is 46.5 Å². The second kappa shape index (κ2) is 7.85. The second-order valence-electron chi connectivity index (χ2n) is 5.04. The molecule has 0 saturated carbocycles. The molecule has 22 heavy (non-hydrogen) atoms. The Morgan fingerprint density at radius 2 is 1.95 bits per heavy atom. The minimum Gasteiger partial charge on any atom is -0.504 e. The lowest BCUT2D eigenvalue weighted by atomic mass is 10.0. The molecular weight excluding hydrogens is 300 g/mol. The van der Waals surface area contributed by atoms with Gasteiger partial charge in [-0.2, -0.15) is 0 Å². The van der Waals surface area contributed by atoms with Crippen molar-refractivity contribution in [2.45, 2.75) is 25.1 Å². The summed E-state index contributed by atoms with van der Waals surface area (Å²) in [4.78, 5) is 12.1. The van der Waals surface area contributed by atoms with E-state index in [9.17, 15) is 9.90 Å². The summed E-state index contributed by atoms with van der Waals surface area (Å²) < 4.78 is 5.41. The van der Waals surface area contributed by atoms with Crippen molar-refractivity contribution in [1.82, 2.24) is 0 Å². The molecule has 116 valence electrons. The van der Waals surface area contributed by atoms with Gasteiger partial charge >= 0.3 is 0 Å². The monoisotopic (exact) mass is 318 g/mol. The van der Waals surface area contributed by atoms with Gasteiger partial charge in [0, 0.05) is 12.0 Å². The number of benzene rings is 2. The first-order chi connectivity index (χ1) is 10.6. The third-order valence-electron chi connectivity index (χ3n) is 3.27. The Morgan fingerprint density at radius 1 is 1.23 bits per heavy atom. The summed E-state index contributed by atoms with van der Waals surface area (Å²) in [5, 5.41) is 9.46. The van der Waals surface area contributed by atoms with E-state index in [-0.39, 0.29) is 18.0 Å². The van der Waals surface area contributed by atoms with Gasteiger partial charge in [-0.25, -0.2) is 0 Å². The van der Waals surface area contributed by atoms with Crippen molar-refractivity contribution in [3.05, 3.63) is 59.7 Å². The minimum absolute atomic E-state index is 0.0219. The maximum absolute atomic E-state index is 12.1. The van der Waals surface area contributed by atoms with Crippen molar-refractivity contribution in [3.63, 3.8) is 0 Å². The van der Waals surface area contributed by atoms with E-state index in [1.54, 1.807) is 30.3 Å². The lowest BCUT2D eigenvalue weighted by Crippen LogP contribution is -2.03. The summed E-state index contributed by atoms with van der Waals surface area (Å²) in [5.74, 6) is 0.457. The number of phenolic OH excluding ortho intramolecular Hbond substituents is 1. The van der Waals surface area contributed by atoms with Gasteiger partial charge in [0.05, 0.1) is 12.0 Å². The van der Waals surface area contributed by atoms with Gasteiger partial charge in [0.15, 0.2) is 17.3 Å². The molecule has 2 aromatic rings. The van der Waals surface area contributed by atoms with Crippen LogP contribution in [0, 0.1) is 0 Å². The SMILES string of the molecule is CCCOc1ccc(C(Cl)CC(=O)c2ccccc2)cc1O. The fraction of sp³-hybridized carbons (Fsp3) is 0.278. The van der Waals surface area contributed by atoms with E-state index in [0.717, 1.165) is 6.42 Å². The molecule has 0 aliphatic carbocycles. The Labute approximate surface area is 135 Å². The van der Waals surface area contributed by atoms with Crippen molar-refractivity contribution >= 4 is 17.4 Å². The molecule has 0 heterocycles. The van der Waals surface area contributed by atoms with E-state index in [0.29, 0.717) is 23.5 Å². The van der Waals surface area contributed by atoms with Crippen LogP contribution < -0.4 is 4.74 Å². The Morgan fingerprint density at radius 3 is 2.59 bits per heavy atom. The zero-order valence-corrected chi connectivity index (χ0v) is 13.2. The van der Waals surface area contributed by atoms with E-state index >= 15 is 0 Å². The first kappa shape index (κ1) is 16.4. The number of halogens is 1. The van der Waals surface area contributed by atoms with E-state index < -0.39 is 5.38 Å². The van der Waals surface area contributed by atoms with Crippen LogP contribution in [0.25, 0.3) is 0 Å². The predicted octanol–water partition coefficient (Wildman–Crippen LogP) is 4.73. The molecule has 0 radical (unpaired) electrons. The van der Waals surface area contributed by atoms with Crippen molar-refractivity contribution < 1.29 is 14.6 Å². The number of hydrogen-bond donors (Lipinski definition) is 1. The molecule has 0 aromatic heterocycles. The summed E-state index contributed by atoms with van der Waals surface area (Å²) >= 11 is 6.31. The van der Waals surface area contributed by atoms with Crippen LogP contribution in [0.2, 0.25) is 0 Å². The minimum atomic E-state index is -0.487. The highest BCUT2D eigenvalue weighted by molar-refractivity contribution is 6.22. The highest BCUT2D eigenvalue weighted by atomic mass is 35.5. The Hall–Kier alpha value is -2.00. The van der Waals surface area contributed by atoms with E-state index in [2.05, 4.69) is 0 Å². The van der Waals surface area contributed by atoms with Gasteiger partial charge in [0.25, 0.3) is 0 Å². The molecule has 0 fully saturated rings. The first-order valence-corrected chi connectivity index (χ1v) is 7.73. The van der Waals surface area contributed by atoms with Crippen LogP contribution in [0.15, 0.2) is 48.5 Å². The van der Waals surface area contributed by atoms with Crippen molar-refractivity contribution in [3.8, 4) is 11.5 Å². The maximum atomic E-state index is 12.1. The number of ketones is 1. The largest absolute Gasteiger partial charge is 0.504 e. The van der Waals surface area contributed by atoms with Crippen molar-refractivity contribution in [2.24, 2.45) is 0 Å². The van der Waals surface area contributed by atoms with E-state index in [4.69, 9.17) is 16.3 Å². The highest BCUT2D eigenvalue weighted by Gasteiger charge is 2.16. The normalized spacial score (nSPS) is 11.9. The molecule has 1 N–H and O–H groups in total. The van der Waals surface area contributed by atoms with Crippen molar-refractivity contribution in [2.75, 3.05) is 6.61 Å². The van der Waals surface area contributed by atoms with Crippen LogP contribution in [-0.2, 0) is 0 Å². The zero-order valence-electron chi connectivity index (χ0n) is 12.5. The van der Waals surface area contributed by atoms with Crippen LogP contribution in [0.3, 0.4) is 0 Å². The van der Waals surface area contributed by atoms with Gasteiger partial charge in [-0.05, 0) is 24.1 Å². The number of aromatic hydroxyl groups is 1. The van der Waals surface area contributed by atoms with Crippen LogP contribution in [0.4, 0.5) is 0 Å². The second-order valence-corrected chi connectivity index (χ2v) is 5.56. The van der Waals surface area contributed by atoms with E-state index in [1.165, 1.54) is 0 Å². The third kappa shape index (κ3) is 4.25. The van der Waals surface area contributed by atoms with Crippen LogP contribution in [0.5, 0.6) is 11.5 Å². The Bertz CT molecular complexity index is 625. The number of alkyl halides is 1. The summed E-state index contributed by atoms with van der Waals surface area (Å²) in [6.07, 6.45) is 1.05. The molecule has 2 aromatic carbocycles. The average Bonchev–Trinajstić information content (AvgIpc) is 2.54. The Balaban J connectivity index is 2.05. The van der Waals surface area contributed by atoms with Crippen LogP contribution >= 0.6 is 11.6 Å². The molecule has 0 aliphatic rings. The molecule has 2 rings (SSSR count). The molecule has 0 saturated heterocycles. The molecular formula is C18H19ClO3. The number of phenols is 1. The third-order valence-corrected chi connectivity index (χ3v) is 3.67. The number of carbonyl (C=O) groups is 1. The summed E-state index contributed by atoms with van der Waals surface area (Å²) in [6.45, 7) is 2.54. The van der Waals surface area contributed by atoms with E-state index in [1.807, 2.05) is 25.1 Å². The standard InChI is InChI=1S/C18H19ClO3/c1-2-10-22-18-9-8-14(11-17(18)21)15(19)12-16(20)13-6-4-3-5-7-13/h3-9,11,15,21H,2,10,12H2,1H3. The fourth-order valence-electron chi connectivity index (χ4n) is 2.09. The van der Waals surface area contributed by atoms with Gasteiger partial charge < -0.3 is 9.84 Å². The zero-order chi connectivity index (χ0) is 15.9. The molecule has 4 heteroatoms. The summed E-state index contributed by atoms with van der Waals surface area (Å²) in [7, 11) is 0. The lowest BCUT2D eigenvalue weighted by molar-refractivity contribution is 0.0981. The smallest absolute Gasteiger partial charge is 0.164 e. The number of hydrogen-bond acceptors (Lipinski definition) is 3. The molecule has 0 spiro atoms. The highest BCUT2D eigenvalue weighted by Crippen LogP contribution is 2.33. The van der Waals surface area contributed by atoms with Crippen LogP contribution in [-0.4, -0.2) is 17.5 Å². The van der Waals surface area contributed by atoms with Gasteiger partial charge in [0.1, 0.15) is 0 Å². The molecule has 0 amide bonds. The number of Topliss-reactive ketones (excluding diaryl/α,β-unsaturated/α-hetero) is 1. The van der Waals surface area contributed by atoms with Crippen molar-refractivity contribution in [1.29, 1.82) is 0 Å². The van der Waals surface area contributed by atoms with Gasteiger partial charge in [-0.3, -0.25) is 4.79 Å². The number of carbonyl (C=O) groups excluding carboxylic acids is 1. The summed E-state index contributed by atoms with van der Waals surface area (Å²) in [6, 6.07) is 14.1. The molecule has 1 atom stereocenters. The molecule has 3 nitrogen and oxygen atoms in total. The van der Waals surface area contributed by atoms with Gasteiger partial charge in [0.2, 0.25) is 0 Å². The molecule has 0 bridgehead atoms. The molecule has 0 aliphatic heterocycles. The van der Waals surface area contributed by atoms with Gasteiger partial charge in [-0.1, -0.05) is 43.3 Å². The van der Waals surface area contributed by atoms with Crippen LogP contribution in [0.1, 0.15) is 41.1 Å². The first-order valence-electron chi connectivity index (χ1n) is 7.30. The average molecular weight is 319 g/mol. The number of ether oxygens (including phenoxy) is 1. The maximum Gasteiger partial charge on any atom is 0.164 e. The molecule has 1 unspecified atom stereocenters. The van der Waals surface area contributed by atoms with Gasteiger partial charge in [-0.15, -0.1) is 11.6 Å². The predicted molar refractivity (Wildman–Crippen MR) is 87.9 cm³/mol. The lowest BCUT2D eigenvalue weighted by Gasteiger charge is -2.12. The number of rotatable bonds is 7. The quantitative estimate of drug-likeness (QED) is 0.593. The Kier molecular flexibility index (Phi) is 5.84.